The number of nitrogens with zero attached hydrogens (tertiary/aromatic N) is 2. The molecule has 1 aromatic carbocycles. The number of halogens is 1. The van der Waals surface area contributed by atoms with E-state index in [1.807, 2.05) is 0 Å². The lowest BCUT2D eigenvalue weighted by Crippen LogP contribution is -2.07. The molecule has 0 bridgehead atoms. The molecule has 1 unspecified atom stereocenters. The molecule has 2 nitrogen and oxygen atoms in total. The Kier molecular flexibility index (Phi) is 2.67. The lowest BCUT2D eigenvalue weighted by atomic mass is 10.1. The maximum atomic E-state index is 5.92. The average Bonchev–Trinajstić information content (AvgIpc) is 2.77. The minimum Gasteiger partial charge on any atom is -0.324 e. The van der Waals surface area contributed by atoms with Crippen LogP contribution < -0.4 is 0 Å². The van der Waals surface area contributed by atoms with Gasteiger partial charge in [0.25, 0.3) is 0 Å². The number of hydrogen-bond acceptors (Lipinski definition) is 1. The number of aromatic nitrogens is 2. The van der Waals surface area contributed by atoms with Crippen molar-refractivity contribution in [3.63, 3.8) is 0 Å². The van der Waals surface area contributed by atoms with Gasteiger partial charge in [0, 0.05) is 18.3 Å². The average molecular weight is 263 g/mol. The zero-order valence-corrected chi connectivity index (χ0v) is 12.0. The number of aryl methyl sites for hydroxylation is 2. The molecule has 0 saturated heterocycles. The van der Waals surface area contributed by atoms with Crippen LogP contribution in [-0.2, 0) is 6.42 Å². The van der Waals surface area contributed by atoms with Crippen molar-refractivity contribution >= 4 is 22.6 Å². The molecule has 3 heteroatoms. The van der Waals surface area contributed by atoms with Crippen molar-refractivity contribution in [1.82, 2.24) is 9.55 Å². The van der Waals surface area contributed by atoms with Gasteiger partial charge in [0.1, 0.15) is 5.82 Å². The molecule has 1 aromatic heterocycles. The maximum Gasteiger partial charge on any atom is 0.111 e. The Morgan fingerprint density at radius 1 is 1.44 bits per heavy atom. The van der Waals surface area contributed by atoms with Crippen molar-refractivity contribution in [2.24, 2.45) is 5.41 Å². The first-order valence-electron chi connectivity index (χ1n) is 6.57. The third-order valence-corrected chi connectivity index (χ3v) is 4.27. The Labute approximate surface area is 113 Å². The Morgan fingerprint density at radius 3 is 2.78 bits per heavy atom. The molecule has 0 radical (unpaired) electrons. The predicted molar refractivity (Wildman–Crippen MR) is 76.3 cm³/mol. The molecule has 1 fully saturated rings. The van der Waals surface area contributed by atoms with E-state index in [0.717, 1.165) is 17.8 Å². The van der Waals surface area contributed by atoms with Crippen molar-refractivity contribution in [3.8, 4) is 0 Å². The van der Waals surface area contributed by atoms with Gasteiger partial charge in [0.05, 0.1) is 11.0 Å². The van der Waals surface area contributed by atoms with Gasteiger partial charge in [-0.1, -0.05) is 26.0 Å². The molecule has 0 amide bonds. The number of para-hydroxylation sites is 1. The molecule has 2 aromatic rings. The van der Waals surface area contributed by atoms with E-state index >= 15 is 0 Å². The van der Waals surface area contributed by atoms with Gasteiger partial charge in [-0.05, 0) is 30.4 Å². The standard InChI is InChI=1S/C15H19ClN2/c1-10-5-4-6-11-14(10)18(12-9-15(12,2)3)13(17-11)7-8-16/h4-6,12H,7-9H2,1-3H3. The van der Waals surface area contributed by atoms with Gasteiger partial charge in [-0.15, -0.1) is 11.6 Å². The summed E-state index contributed by atoms with van der Waals surface area (Å²) >= 11 is 5.92. The summed E-state index contributed by atoms with van der Waals surface area (Å²) in [7, 11) is 0. The second-order valence-corrected chi connectivity index (χ2v) is 6.37. The summed E-state index contributed by atoms with van der Waals surface area (Å²) in [6, 6.07) is 6.94. The highest BCUT2D eigenvalue weighted by Crippen LogP contribution is 2.56. The van der Waals surface area contributed by atoms with Crippen LogP contribution in [0.5, 0.6) is 0 Å². The van der Waals surface area contributed by atoms with E-state index < -0.39 is 0 Å². The third-order valence-electron chi connectivity index (χ3n) is 4.08. The fourth-order valence-electron chi connectivity index (χ4n) is 2.85. The van der Waals surface area contributed by atoms with Gasteiger partial charge in [-0.3, -0.25) is 0 Å². The molecular weight excluding hydrogens is 244 g/mol. The van der Waals surface area contributed by atoms with E-state index in [-0.39, 0.29) is 0 Å². The summed E-state index contributed by atoms with van der Waals surface area (Å²) in [5, 5.41) is 0. The number of imidazole rings is 1. The summed E-state index contributed by atoms with van der Waals surface area (Å²) in [6.45, 7) is 6.82. The quantitative estimate of drug-likeness (QED) is 0.762. The maximum absolute atomic E-state index is 5.92. The molecule has 0 aliphatic heterocycles. The lowest BCUT2D eigenvalue weighted by molar-refractivity contribution is 0.536. The van der Waals surface area contributed by atoms with E-state index in [2.05, 4.69) is 43.5 Å². The van der Waals surface area contributed by atoms with E-state index in [0.29, 0.717) is 17.3 Å². The van der Waals surface area contributed by atoms with E-state index in [4.69, 9.17) is 16.6 Å². The van der Waals surface area contributed by atoms with Crippen molar-refractivity contribution in [2.75, 3.05) is 5.88 Å². The van der Waals surface area contributed by atoms with E-state index in [9.17, 15) is 0 Å². The van der Waals surface area contributed by atoms with Crippen molar-refractivity contribution in [2.45, 2.75) is 39.7 Å². The topological polar surface area (TPSA) is 17.8 Å². The smallest absolute Gasteiger partial charge is 0.111 e. The SMILES string of the molecule is Cc1cccc2nc(CCCl)n(C3CC3(C)C)c12. The van der Waals surface area contributed by atoms with Gasteiger partial charge >= 0.3 is 0 Å². The molecule has 0 spiro atoms. The normalized spacial score (nSPS) is 21.4. The van der Waals surface area contributed by atoms with Crippen LogP contribution in [0, 0.1) is 12.3 Å². The van der Waals surface area contributed by atoms with Gasteiger partial charge < -0.3 is 4.57 Å². The molecule has 18 heavy (non-hydrogen) atoms. The Morgan fingerprint density at radius 2 is 2.17 bits per heavy atom. The van der Waals surface area contributed by atoms with Crippen LogP contribution in [0.1, 0.15) is 37.7 Å². The lowest BCUT2D eigenvalue weighted by Gasteiger charge is -2.11. The zero-order valence-electron chi connectivity index (χ0n) is 11.2. The van der Waals surface area contributed by atoms with E-state index in [1.54, 1.807) is 0 Å². The van der Waals surface area contributed by atoms with Crippen LogP contribution >= 0.6 is 11.6 Å². The Bertz CT molecular complexity index is 598. The monoisotopic (exact) mass is 262 g/mol. The summed E-state index contributed by atoms with van der Waals surface area (Å²) in [4.78, 5) is 4.77. The molecule has 1 aliphatic carbocycles. The first-order valence-corrected chi connectivity index (χ1v) is 7.10. The van der Waals surface area contributed by atoms with Crippen LogP contribution in [0.2, 0.25) is 0 Å². The molecule has 1 heterocycles. The number of benzene rings is 1. The van der Waals surface area contributed by atoms with Crippen LogP contribution in [0.4, 0.5) is 0 Å². The van der Waals surface area contributed by atoms with E-state index in [1.165, 1.54) is 17.5 Å². The summed E-state index contributed by atoms with van der Waals surface area (Å²) < 4.78 is 2.44. The van der Waals surface area contributed by atoms with Crippen LogP contribution in [0.3, 0.4) is 0 Å². The molecule has 1 aliphatic rings. The highest BCUT2D eigenvalue weighted by molar-refractivity contribution is 6.17. The third kappa shape index (κ3) is 1.74. The minimum absolute atomic E-state index is 0.400. The molecular formula is C15H19ClN2. The Hall–Kier alpha value is -1.02. The highest BCUT2D eigenvalue weighted by atomic mass is 35.5. The zero-order chi connectivity index (χ0) is 12.9. The number of hydrogen-bond donors (Lipinski definition) is 0. The summed E-state index contributed by atoms with van der Waals surface area (Å²) in [5.74, 6) is 1.78. The summed E-state index contributed by atoms with van der Waals surface area (Å²) in [5.41, 5.74) is 4.12. The molecule has 3 rings (SSSR count). The van der Waals surface area contributed by atoms with Crippen LogP contribution in [-0.4, -0.2) is 15.4 Å². The largest absolute Gasteiger partial charge is 0.324 e. The molecule has 1 atom stereocenters. The Balaban J connectivity index is 2.22. The molecule has 1 saturated carbocycles. The van der Waals surface area contributed by atoms with Gasteiger partial charge in [-0.2, -0.15) is 0 Å². The van der Waals surface area contributed by atoms with Crippen molar-refractivity contribution in [1.29, 1.82) is 0 Å². The first-order chi connectivity index (χ1) is 8.54. The van der Waals surface area contributed by atoms with Gasteiger partial charge in [0.15, 0.2) is 0 Å². The van der Waals surface area contributed by atoms with Gasteiger partial charge in [-0.25, -0.2) is 4.98 Å². The molecule has 0 N–H and O–H groups in total. The summed E-state index contributed by atoms with van der Waals surface area (Å²) in [6.07, 6.45) is 2.09. The van der Waals surface area contributed by atoms with Crippen molar-refractivity contribution < 1.29 is 0 Å². The fourth-order valence-corrected chi connectivity index (χ4v) is 3.01. The molecule has 96 valence electrons. The predicted octanol–water partition coefficient (Wildman–Crippen LogP) is 4.10. The second-order valence-electron chi connectivity index (χ2n) is 5.99. The highest BCUT2D eigenvalue weighted by Gasteiger charge is 2.48. The number of rotatable bonds is 3. The second kappa shape index (κ2) is 3.99. The van der Waals surface area contributed by atoms with Crippen LogP contribution in [0.15, 0.2) is 18.2 Å². The van der Waals surface area contributed by atoms with Gasteiger partial charge in [0.2, 0.25) is 0 Å². The van der Waals surface area contributed by atoms with Crippen molar-refractivity contribution in [3.05, 3.63) is 29.6 Å². The van der Waals surface area contributed by atoms with Crippen LogP contribution in [0.25, 0.3) is 11.0 Å². The minimum atomic E-state index is 0.400. The first kappa shape index (κ1) is 12.0. The number of alkyl halides is 1. The number of fused-ring (bicyclic) bond motifs is 1. The fraction of sp³-hybridized carbons (Fsp3) is 0.533.